The van der Waals surface area contributed by atoms with E-state index in [-0.39, 0.29) is 17.1 Å². The molecule has 4 unspecified atom stereocenters. The monoisotopic (exact) mass is 521 g/mol. The summed E-state index contributed by atoms with van der Waals surface area (Å²) >= 11 is 6.28. The van der Waals surface area contributed by atoms with Crippen LogP contribution in [0.1, 0.15) is 30.2 Å². The third-order valence-corrected chi connectivity index (χ3v) is 8.45. The van der Waals surface area contributed by atoms with E-state index in [2.05, 4.69) is 44.1 Å². The summed E-state index contributed by atoms with van der Waals surface area (Å²) in [5, 5.41) is 21.1. The van der Waals surface area contributed by atoms with Gasteiger partial charge in [0.2, 0.25) is 5.28 Å². The highest BCUT2D eigenvalue weighted by atomic mass is 35.5. The summed E-state index contributed by atoms with van der Waals surface area (Å²) in [4.78, 5) is 33.7. The van der Waals surface area contributed by atoms with Gasteiger partial charge in [-0.15, -0.1) is 0 Å². The minimum atomic E-state index is -4.27. The molecule has 1 aliphatic carbocycles. The predicted octanol–water partition coefficient (Wildman–Crippen LogP) is 1.37. The first-order chi connectivity index (χ1) is 16.7. The number of hydrogen-bond donors (Lipinski definition) is 4. The Balaban J connectivity index is 1.27. The highest BCUT2D eigenvalue weighted by Crippen LogP contribution is 2.47. The van der Waals surface area contributed by atoms with Crippen LogP contribution in [-0.2, 0) is 21.1 Å². The van der Waals surface area contributed by atoms with Crippen molar-refractivity contribution in [2.45, 2.75) is 49.2 Å². The van der Waals surface area contributed by atoms with Gasteiger partial charge in [0.15, 0.2) is 23.2 Å². The van der Waals surface area contributed by atoms with E-state index in [1.165, 1.54) is 22.0 Å². The summed E-state index contributed by atoms with van der Waals surface area (Å²) in [5.74, 6) is 0.597. The highest BCUT2D eigenvalue weighted by Gasteiger charge is 2.49. The van der Waals surface area contributed by atoms with Gasteiger partial charge in [-0.3, -0.25) is 9.13 Å². The minimum absolute atomic E-state index is 0.0214. The first-order valence-electron chi connectivity index (χ1n) is 11.4. The molecule has 6 rings (SSSR count). The maximum absolute atomic E-state index is 11.2. The Kier molecular flexibility index (Phi) is 5.46. The fourth-order valence-electron chi connectivity index (χ4n) is 5.70. The molecule has 186 valence electrons. The van der Waals surface area contributed by atoms with Crippen molar-refractivity contribution in [3.05, 3.63) is 47.0 Å². The second-order valence-electron chi connectivity index (χ2n) is 9.66. The smallest absolute Gasteiger partial charge is 0.325 e. The first-order valence-corrected chi connectivity index (χ1v) is 13.6. The van der Waals surface area contributed by atoms with Crippen molar-refractivity contribution in [3.8, 4) is 0 Å². The van der Waals surface area contributed by atoms with Gasteiger partial charge in [0.1, 0.15) is 12.2 Å². The lowest BCUT2D eigenvalue weighted by molar-refractivity contribution is -0.0355. The Bertz CT molecular complexity index is 1340. The fraction of sp³-hybridized carbons (Fsp3) is 0.500. The number of aliphatic hydroxyl groups excluding tert-OH is 2. The molecule has 2 fully saturated rings. The minimum Gasteiger partial charge on any atom is -0.388 e. The standard InChI is InChI=1S/C22H25ClN5O6P/c23-21-25-18(27-9-22(10-27)7-5-12-3-1-2-4-13(12)22)15-19(26-21)28(11-24-15)20-17(30)16(29)14(34-20)6-8-35(31,32)33/h1-4,11,14,16-17,20,29-30H,5-10H2,(H2,31,32,33). The van der Waals surface area contributed by atoms with Gasteiger partial charge in [-0.2, -0.15) is 9.97 Å². The number of benzene rings is 1. The van der Waals surface area contributed by atoms with Gasteiger partial charge in [-0.1, -0.05) is 24.3 Å². The van der Waals surface area contributed by atoms with Crippen LogP contribution >= 0.6 is 19.2 Å². The molecule has 3 aromatic rings. The number of imidazole rings is 1. The number of fused-ring (bicyclic) bond motifs is 3. The molecule has 0 amide bonds. The molecule has 4 N–H and O–H groups in total. The van der Waals surface area contributed by atoms with Gasteiger partial charge in [0, 0.05) is 18.5 Å². The molecular formula is C22H25ClN5O6P. The number of aromatic nitrogens is 4. The van der Waals surface area contributed by atoms with Crippen LogP contribution in [0.2, 0.25) is 5.28 Å². The molecule has 1 aromatic carbocycles. The maximum atomic E-state index is 11.2. The normalized spacial score (nSPS) is 27.5. The van der Waals surface area contributed by atoms with E-state index in [4.69, 9.17) is 26.1 Å². The average Bonchev–Trinajstić information content (AvgIpc) is 3.45. The second kappa shape index (κ2) is 8.21. The Morgan fingerprint density at radius 2 is 1.94 bits per heavy atom. The molecule has 0 saturated carbocycles. The summed E-state index contributed by atoms with van der Waals surface area (Å²) in [6.45, 7) is 1.57. The van der Waals surface area contributed by atoms with Crippen molar-refractivity contribution >= 4 is 36.2 Å². The van der Waals surface area contributed by atoms with Crippen molar-refractivity contribution in [1.82, 2.24) is 19.5 Å². The van der Waals surface area contributed by atoms with Crippen LogP contribution in [0.25, 0.3) is 11.2 Å². The first kappa shape index (κ1) is 23.3. The summed E-state index contributed by atoms with van der Waals surface area (Å²) in [5.41, 5.74) is 3.71. The average molecular weight is 522 g/mol. The highest BCUT2D eigenvalue weighted by molar-refractivity contribution is 7.51. The van der Waals surface area contributed by atoms with E-state index < -0.39 is 38.3 Å². The number of halogens is 1. The van der Waals surface area contributed by atoms with Crippen molar-refractivity contribution in [3.63, 3.8) is 0 Å². The summed E-state index contributed by atoms with van der Waals surface area (Å²) in [7, 11) is -4.27. The lowest BCUT2D eigenvalue weighted by Gasteiger charge is -2.49. The van der Waals surface area contributed by atoms with Crippen molar-refractivity contribution in [2.75, 3.05) is 24.2 Å². The van der Waals surface area contributed by atoms with Crippen LogP contribution in [-0.4, -0.2) is 77.1 Å². The quantitative estimate of drug-likeness (QED) is 0.286. The molecule has 0 bridgehead atoms. The van der Waals surface area contributed by atoms with Crippen LogP contribution in [0.4, 0.5) is 5.82 Å². The Hall–Kier alpha value is -2.11. The third kappa shape index (κ3) is 3.86. The zero-order chi connectivity index (χ0) is 24.5. The fourth-order valence-corrected chi connectivity index (χ4v) is 6.45. The van der Waals surface area contributed by atoms with E-state index in [1.54, 1.807) is 0 Å². The van der Waals surface area contributed by atoms with E-state index in [9.17, 15) is 14.8 Å². The number of ether oxygens (including phenoxy) is 1. The summed E-state index contributed by atoms with van der Waals surface area (Å²) in [6, 6.07) is 8.53. The lowest BCUT2D eigenvalue weighted by Crippen LogP contribution is -2.58. The zero-order valence-corrected chi connectivity index (χ0v) is 20.3. The molecule has 2 saturated heterocycles. The molecule has 4 heterocycles. The Labute approximate surface area is 205 Å². The number of rotatable bonds is 5. The van der Waals surface area contributed by atoms with Gasteiger partial charge in [0.25, 0.3) is 0 Å². The van der Waals surface area contributed by atoms with Crippen molar-refractivity contribution < 1.29 is 29.3 Å². The number of aliphatic hydroxyl groups is 2. The summed E-state index contributed by atoms with van der Waals surface area (Å²) < 4.78 is 18.5. The van der Waals surface area contributed by atoms with Gasteiger partial charge in [-0.25, -0.2) is 4.98 Å². The predicted molar refractivity (Wildman–Crippen MR) is 126 cm³/mol. The number of nitrogens with zero attached hydrogens (tertiary/aromatic N) is 5. The van der Waals surface area contributed by atoms with Crippen molar-refractivity contribution in [2.24, 2.45) is 0 Å². The van der Waals surface area contributed by atoms with Gasteiger partial charge < -0.3 is 29.6 Å². The molecule has 2 aromatic heterocycles. The molecular weight excluding hydrogens is 497 g/mol. The van der Waals surface area contributed by atoms with Gasteiger partial charge >= 0.3 is 7.60 Å². The summed E-state index contributed by atoms with van der Waals surface area (Å²) in [6.07, 6.45) is -1.63. The van der Waals surface area contributed by atoms with Crippen LogP contribution in [0.5, 0.6) is 0 Å². The Morgan fingerprint density at radius 3 is 2.71 bits per heavy atom. The SMILES string of the molecule is O=P(O)(O)CCC1OC(n2cnc3c(N4CC5(CCc6ccccc65)C4)nc(Cl)nc32)C(O)C1O. The second-order valence-corrected chi connectivity index (χ2v) is 11.8. The van der Waals surface area contributed by atoms with E-state index in [0.29, 0.717) is 17.0 Å². The van der Waals surface area contributed by atoms with Crippen LogP contribution in [0.3, 0.4) is 0 Å². The van der Waals surface area contributed by atoms with Crippen LogP contribution in [0.15, 0.2) is 30.6 Å². The number of anilines is 1. The van der Waals surface area contributed by atoms with E-state index in [0.717, 1.165) is 25.9 Å². The zero-order valence-electron chi connectivity index (χ0n) is 18.6. The molecule has 11 nitrogen and oxygen atoms in total. The third-order valence-electron chi connectivity index (χ3n) is 7.44. The number of hydrogen-bond acceptors (Lipinski definition) is 8. The van der Waals surface area contributed by atoms with Crippen LogP contribution in [0, 0.1) is 0 Å². The largest absolute Gasteiger partial charge is 0.388 e. The van der Waals surface area contributed by atoms with Crippen molar-refractivity contribution in [1.29, 1.82) is 0 Å². The maximum Gasteiger partial charge on any atom is 0.325 e. The van der Waals surface area contributed by atoms with E-state index in [1.807, 2.05) is 0 Å². The molecule has 1 spiro atoms. The lowest BCUT2D eigenvalue weighted by atomic mass is 9.75. The Morgan fingerprint density at radius 1 is 1.17 bits per heavy atom. The number of aryl methyl sites for hydroxylation is 1. The molecule has 0 radical (unpaired) electrons. The van der Waals surface area contributed by atoms with Gasteiger partial charge in [0.05, 0.1) is 18.6 Å². The molecule has 13 heteroatoms. The topological polar surface area (TPSA) is 154 Å². The molecule has 3 aliphatic rings. The van der Waals surface area contributed by atoms with E-state index >= 15 is 0 Å². The molecule has 4 atom stereocenters. The van der Waals surface area contributed by atoms with Crippen LogP contribution < -0.4 is 4.90 Å². The van der Waals surface area contributed by atoms with Gasteiger partial charge in [-0.05, 0) is 42.0 Å². The molecule has 35 heavy (non-hydrogen) atoms. The molecule has 2 aliphatic heterocycles.